The van der Waals surface area contributed by atoms with Crippen molar-refractivity contribution in [2.75, 3.05) is 5.32 Å². The van der Waals surface area contributed by atoms with Gasteiger partial charge in [0.05, 0.1) is 11.1 Å². The van der Waals surface area contributed by atoms with Crippen LogP contribution in [-0.4, -0.2) is 17.0 Å². The summed E-state index contributed by atoms with van der Waals surface area (Å²) in [6, 6.07) is 9.68. The first-order valence-electron chi connectivity index (χ1n) is 8.41. The van der Waals surface area contributed by atoms with E-state index in [1.165, 1.54) is 12.8 Å². The van der Waals surface area contributed by atoms with Gasteiger partial charge in [0.15, 0.2) is 0 Å². The Morgan fingerprint density at radius 3 is 2.75 bits per heavy atom. The number of halogens is 1. The molecule has 1 atom stereocenters. The van der Waals surface area contributed by atoms with Crippen LogP contribution in [0, 0.1) is 0 Å². The van der Waals surface area contributed by atoms with Gasteiger partial charge in [-0.1, -0.05) is 17.7 Å². The van der Waals surface area contributed by atoms with Gasteiger partial charge in [-0.15, -0.1) is 0 Å². The molecule has 1 N–H and O–H groups in total. The summed E-state index contributed by atoms with van der Waals surface area (Å²) < 4.78 is 6.05. The van der Waals surface area contributed by atoms with Gasteiger partial charge >= 0.3 is 0 Å². The van der Waals surface area contributed by atoms with Crippen molar-refractivity contribution >= 4 is 23.2 Å². The van der Waals surface area contributed by atoms with Crippen LogP contribution in [-0.2, 0) is 4.79 Å². The summed E-state index contributed by atoms with van der Waals surface area (Å²) in [6.45, 7) is 0. The van der Waals surface area contributed by atoms with Gasteiger partial charge in [-0.25, -0.2) is 0 Å². The number of anilines is 1. The fraction of sp³-hybridized carbons (Fsp3) is 0.368. The van der Waals surface area contributed by atoms with E-state index >= 15 is 0 Å². The van der Waals surface area contributed by atoms with E-state index in [1.54, 1.807) is 6.20 Å². The first kappa shape index (κ1) is 15.5. The Balaban J connectivity index is 1.64. The molecule has 24 heavy (non-hydrogen) atoms. The molecular formula is C19H19ClN2O2. The van der Waals surface area contributed by atoms with Gasteiger partial charge in [0.1, 0.15) is 5.75 Å². The van der Waals surface area contributed by atoms with Gasteiger partial charge in [0.25, 0.3) is 0 Å². The molecule has 1 aliphatic heterocycles. The van der Waals surface area contributed by atoms with Gasteiger partial charge in [-0.3, -0.25) is 9.78 Å². The summed E-state index contributed by atoms with van der Waals surface area (Å²) in [6.07, 6.45) is 7.01. The molecule has 1 saturated carbocycles. The lowest BCUT2D eigenvalue weighted by Gasteiger charge is -2.26. The molecule has 4 nitrogen and oxygen atoms in total. The Hall–Kier alpha value is -2.07. The van der Waals surface area contributed by atoms with E-state index in [0.717, 1.165) is 35.5 Å². The maximum absolute atomic E-state index is 12.1. The SMILES string of the molecule is O=C1CC(c2ccc(Cl)cn2)c2ccc(OC3CCCC3)cc2N1. The maximum Gasteiger partial charge on any atom is 0.225 e. The highest BCUT2D eigenvalue weighted by Gasteiger charge is 2.28. The molecule has 2 heterocycles. The Kier molecular flexibility index (Phi) is 4.15. The lowest BCUT2D eigenvalue weighted by Crippen LogP contribution is -2.24. The number of hydrogen-bond acceptors (Lipinski definition) is 3. The Morgan fingerprint density at radius 1 is 1.17 bits per heavy atom. The van der Waals surface area contributed by atoms with Crippen LogP contribution < -0.4 is 10.1 Å². The number of benzene rings is 1. The molecule has 2 aliphatic rings. The van der Waals surface area contributed by atoms with Crippen molar-refractivity contribution in [2.24, 2.45) is 0 Å². The molecule has 1 amide bonds. The fourth-order valence-electron chi connectivity index (χ4n) is 3.57. The topological polar surface area (TPSA) is 51.2 Å². The summed E-state index contributed by atoms with van der Waals surface area (Å²) in [4.78, 5) is 16.5. The maximum atomic E-state index is 12.1. The Morgan fingerprint density at radius 2 is 2.00 bits per heavy atom. The van der Waals surface area contributed by atoms with Gasteiger partial charge in [-0.05, 0) is 49.4 Å². The first-order chi connectivity index (χ1) is 11.7. The minimum Gasteiger partial charge on any atom is -0.490 e. The van der Waals surface area contributed by atoms with Gasteiger partial charge in [0, 0.05) is 36.0 Å². The fourth-order valence-corrected chi connectivity index (χ4v) is 3.69. The number of rotatable bonds is 3. The molecule has 2 aromatic rings. The number of aromatic nitrogens is 1. The number of carbonyl (C=O) groups excluding carboxylic acids is 1. The van der Waals surface area contributed by atoms with Crippen molar-refractivity contribution in [1.29, 1.82) is 0 Å². The second kappa shape index (κ2) is 6.44. The number of pyridine rings is 1. The molecule has 124 valence electrons. The lowest BCUT2D eigenvalue weighted by molar-refractivity contribution is -0.116. The summed E-state index contributed by atoms with van der Waals surface area (Å²) >= 11 is 5.92. The summed E-state index contributed by atoms with van der Waals surface area (Å²) in [7, 11) is 0. The number of amides is 1. The molecule has 1 aromatic carbocycles. The van der Waals surface area contributed by atoms with Crippen LogP contribution in [0.3, 0.4) is 0 Å². The zero-order chi connectivity index (χ0) is 16.5. The molecule has 1 aromatic heterocycles. The van der Waals surface area contributed by atoms with E-state index in [9.17, 15) is 4.79 Å². The quantitative estimate of drug-likeness (QED) is 0.891. The molecule has 1 aliphatic carbocycles. The highest BCUT2D eigenvalue weighted by Crippen LogP contribution is 2.38. The Labute approximate surface area is 146 Å². The van der Waals surface area contributed by atoms with Crippen molar-refractivity contribution in [3.8, 4) is 5.75 Å². The molecular weight excluding hydrogens is 324 g/mol. The molecule has 0 saturated heterocycles. The van der Waals surface area contributed by atoms with Crippen molar-refractivity contribution in [2.45, 2.75) is 44.1 Å². The zero-order valence-electron chi connectivity index (χ0n) is 13.3. The van der Waals surface area contributed by atoms with Crippen molar-refractivity contribution in [1.82, 2.24) is 4.98 Å². The van der Waals surface area contributed by atoms with Crippen LogP contribution in [0.2, 0.25) is 5.02 Å². The van der Waals surface area contributed by atoms with Gasteiger partial charge in [-0.2, -0.15) is 0 Å². The minimum absolute atomic E-state index is 0.00210. The van der Waals surface area contributed by atoms with E-state index in [2.05, 4.69) is 10.3 Å². The largest absolute Gasteiger partial charge is 0.490 e. The lowest BCUT2D eigenvalue weighted by atomic mass is 9.87. The third-order valence-electron chi connectivity index (χ3n) is 4.78. The molecule has 0 bridgehead atoms. The number of hydrogen-bond donors (Lipinski definition) is 1. The predicted molar refractivity (Wildman–Crippen MR) is 93.7 cm³/mol. The molecule has 4 rings (SSSR count). The van der Waals surface area contributed by atoms with Gasteiger partial charge < -0.3 is 10.1 Å². The van der Waals surface area contributed by atoms with Crippen LogP contribution in [0.15, 0.2) is 36.5 Å². The van der Waals surface area contributed by atoms with Crippen LogP contribution >= 0.6 is 11.6 Å². The van der Waals surface area contributed by atoms with Crippen LogP contribution in [0.4, 0.5) is 5.69 Å². The van der Waals surface area contributed by atoms with E-state index < -0.39 is 0 Å². The number of carbonyl (C=O) groups is 1. The third-order valence-corrected chi connectivity index (χ3v) is 5.00. The molecule has 0 radical (unpaired) electrons. The molecule has 1 fully saturated rings. The standard InChI is InChI=1S/C19H19ClN2O2/c20-12-5-8-17(21-11-12)16-10-19(23)22-18-9-14(6-7-15(16)18)24-13-3-1-2-4-13/h5-9,11,13,16H,1-4,10H2,(H,22,23). The third kappa shape index (κ3) is 3.11. The second-order valence-corrected chi connectivity index (χ2v) is 6.92. The average Bonchev–Trinajstić information content (AvgIpc) is 3.07. The first-order valence-corrected chi connectivity index (χ1v) is 8.79. The normalized spacial score (nSPS) is 20.5. The van der Waals surface area contributed by atoms with Crippen LogP contribution in [0.5, 0.6) is 5.75 Å². The Bertz CT molecular complexity index is 754. The molecule has 1 unspecified atom stereocenters. The second-order valence-electron chi connectivity index (χ2n) is 6.48. The monoisotopic (exact) mass is 342 g/mol. The molecule has 0 spiro atoms. The number of nitrogens with zero attached hydrogens (tertiary/aromatic N) is 1. The highest BCUT2D eigenvalue weighted by atomic mass is 35.5. The van der Waals surface area contributed by atoms with E-state index in [-0.39, 0.29) is 11.8 Å². The van der Waals surface area contributed by atoms with E-state index in [1.807, 2.05) is 30.3 Å². The smallest absolute Gasteiger partial charge is 0.225 e. The number of ether oxygens (including phenoxy) is 1. The van der Waals surface area contributed by atoms with E-state index in [4.69, 9.17) is 16.3 Å². The highest BCUT2D eigenvalue weighted by molar-refractivity contribution is 6.30. The average molecular weight is 343 g/mol. The predicted octanol–water partition coefficient (Wildman–Crippen LogP) is 4.53. The summed E-state index contributed by atoms with van der Waals surface area (Å²) in [5.41, 5.74) is 2.76. The van der Waals surface area contributed by atoms with Crippen molar-refractivity contribution < 1.29 is 9.53 Å². The van der Waals surface area contributed by atoms with Gasteiger partial charge in [0.2, 0.25) is 5.91 Å². The number of nitrogens with one attached hydrogen (secondary N) is 1. The molecule has 5 heteroatoms. The van der Waals surface area contributed by atoms with Crippen LogP contribution in [0.1, 0.15) is 49.3 Å². The summed E-state index contributed by atoms with van der Waals surface area (Å²) in [5, 5.41) is 3.56. The zero-order valence-corrected chi connectivity index (χ0v) is 14.1. The summed E-state index contributed by atoms with van der Waals surface area (Å²) in [5.74, 6) is 0.777. The number of fused-ring (bicyclic) bond motifs is 1. The van der Waals surface area contributed by atoms with Crippen molar-refractivity contribution in [3.05, 3.63) is 52.8 Å². The van der Waals surface area contributed by atoms with E-state index in [0.29, 0.717) is 17.5 Å². The van der Waals surface area contributed by atoms with Crippen LogP contribution in [0.25, 0.3) is 0 Å². The van der Waals surface area contributed by atoms with Crippen molar-refractivity contribution in [3.63, 3.8) is 0 Å². The minimum atomic E-state index is -0.0495.